The Kier molecular flexibility index (Phi) is 6.18. The zero-order valence-electron chi connectivity index (χ0n) is 13.7. The fourth-order valence-corrected chi connectivity index (χ4v) is 2.36. The van der Waals surface area contributed by atoms with Gasteiger partial charge in [-0.2, -0.15) is 0 Å². The number of benzene rings is 2. The molecule has 0 aliphatic heterocycles. The number of hydrogen-bond donors (Lipinski definition) is 3. The third kappa shape index (κ3) is 5.11. The molecule has 0 bridgehead atoms. The first kappa shape index (κ1) is 17.0. The van der Waals surface area contributed by atoms with Gasteiger partial charge in [-0.05, 0) is 42.7 Å². The molecule has 0 saturated carbocycles. The van der Waals surface area contributed by atoms with E-state index >= 15 is 0 Å². The number of aliphatic hydroxyl groups excluding tert-OH is 1. The Balaban J connectivity index is 2.01. The molecule has 0 spiro atoms. The lowest BCUT2D eigenvalue weighted by molar-refractivity contribution is 0.0924. The Labute approximate surface area is 137 Å². The minimum Gasteiger partial charge on any atom is -0.392 e. The molecule has 4 nitrogen and oxygen atoms in total. The first-order valence-corrected chi connectivity index (χ1v) is 7.97. The highest BCUT2D eigenvalue weighted by atomic mass is 16.3. The predicted octanol–water partition coefficient (Wildman–Crippen LogP) is 2.97. The predicted molar refractivity (Wildman–Crippen MR) is 93.6 cm³/mol. The normalized spacial score (nSPS) is 11.8. The van der Waals surface area contributed by atoms with E-state index in [0.717, 1.165) is 17.7 Å². The van der Waals surface area contributed by atoms with Crippen molar-refractivity contribution in [3.05, 3.63) is 65.2 Å². The van der Waals surface area contributed by atoms with Crippen LogP contribution >= 0.6 is 0 Å². The molecule has 2 aromatic carbocycles. The van der Waals surface area contributed by atoms with E-state index in [1.165, 1.54) is 5.56 Å². The lowest BCUT2D eigenvalue weighted by atomic mass is 10.1. The standard InChI is InChI=1S/C19H24N2O2/c1-3-16-8-4-5-10-18(16)20-13-15-7-6-9-17(11-15)19(23)21-12-14(2)22/h4-11,14,20,22H,3,12-13H2,1-2H3,(H,21,23). The molecular weight excluding hydrogens is 288 g/mol. The lowest BCUT2D eigenvalue weighted by Gasteiger charge is -2.12. The summed E-state index contributed by atoms with van der Waals surface area (Å²) in [6, 6.07) is 15.8. The SMILES string of the molecule is CCc1ccccc1NCc1cccc(C(=O)NCC(C)O)c1. The van der Waals surface area contributed by atoms with E-state index in [1.807, 2.05) is 30.3 Å². The Morgan fingerprint density at radius 1 is 1.17 bits per heavy atom. The van der Waals surface area contributed by atoms with E-state index < -0.39 is 6.10 Å². The smallest absolute Gasteiger partial charge is 0.251 e. The van der Waals surface area contributed by atoms with Gasteiger partial charge in [-0.15, -0.1) is 0 Å². The highest BCUT2D eigenvalue weighted by Crippen LogP contribution is 2.17. The van der Waals surface area contributed by atoms with Gasteiger partial charge >= 0.3 is 0 Å². The van der Waals surface area contributed by atoms with E-state index in [2.05, 4.69) is 29.7 Å². The van der Waals surface area contributed by atoms with E-state index in [4.69, 9.17) is 0 Å². The average molecular weight is 312 g/mol. The Hall–Kier alpha value is -2.33. The second-order valence-electron chi connectivity index (χ2n) is 5.62. The highest BCUT2D eigenvalue weighted by Gasteiger charge is 2.07. The molecule has 0 heterocycles. The van der Waals surface area contributed by atoms with Crippen molar-refractivity contribution in [3.63, 3.8) is 0 Å². The molecule has 1 atom stereocenters. The first-order valence-electron chi connectivity index (χ1n) is 7.97. The topological polar surface area (TPSA) is 61.4 Å². The van der Waals surface area contributed by atoms with Crippen molar-refractivity contribution in [1.82, 2.24) is 5.32 Å². The number of anilines is 1. The van der Waals surface area contributed by atoms with E-state index in [1.54, 1.807) is 13.0 Å². The monoisotopic (exact) mass is 312 g/mol. The Morgan fingerprint density at radius 3 is 2.70 bits per heavy atom. The molecule has 0 fully saturated rings. The fourth-order valence-electron chi connectivity index (χ4n) is 2.36. The maximum Gasteiger partial charge on any atom is 0.251 e. The summed E-state index contributed by atoms with van der Waals surface area (Å²) in [6.45, 7) is 4.69. The third-order valence-corrected chi connectivity index (χ3v) is 3.63. The highest BCUT2D eigenvalue weighted by molar-refractivity contribution is 5.94. The molecule has 3 N–H and O–H groups in total. The number of carbonyl (C=O) groups excluding carboxylic acids is 1. The molecule has 23 heavy (non-hydrogen) atoms. The number of para-hydroxylation sites is 1. The average Bonchev–Trinajstić information content (AvgIpc) is 2.58. The number of carbonyl (C=O) groups is 1. The molecule has 2 rings (SSSR count). The van der Waals surface area contributed by atoms with Crippen LogP contribution in [0.5, 0.6) is 0 Å². The number of hydrogen-bond acceptors (Lipinski definition) is 3. The van der Waals surface area contributed by atoms with Gasteiger partial charge in [-0.25, -0.2) is 0 Å². The maximum atomic E-state index is 12.0. The molecule has 0 saturated heterocycles. The van der Waals surface area contributed by atoms with Crippen LogP contribution in [0, 0.1) is 0 Å². The molecule has 1 amide bonds. The molecule has 0 aliphatic carbocycles. The van der Waals surface area contributed by atoms with Gasteiger partial charge in [0.25, 0.3) is 5.91 Å². The van der Waals surface area contributed by atoms with Gasteiger partial charge in [0.1, 0.15) is 0 Å². The second-order valence-corrected chi connectivity index (χ2v) is 5.62. The lowest BCUT2D eigenvalue weighted by Crippen LogP contribution is -2.30. The minimum absolute atomic E-state index is 0.165. The molecule has 4 heteroatoms. The molecule has 122 valence electrons. The first-order chi connectivity index (χ1) is 11.1. The van der Waals surface area contributed by atoms with Crippen molar-refractivity contribution in [1.29, 1.82) is 0 Å². The van der Waals surface area contributed by atoms with Crippen LogP contribution in [-0.2, 0) is 13.0 Å². The van der Waals surface area contributed by atoms with Gasteiger partial charge in [0, 0.05) is 24.3 Å². The summed E-state index contributed by atoms with van der Waals surface area (Å²) in [5, 5.41) is 15.4. The van der Waals surface area contributed by atoms with Crippen LogP contribution in [-0.4, -0.2) is 23.7 Å². The van der Waals surface area contributed by atoms with Crippen LogP contribution in [0.3, 0.4) is 0 Å². The van der Waals surface area contributed by atoms with Crippen molar-refractivity contribution < 1.29 is 9.90 Å². The van der Waals surface area contributed by atoms with E-state index in [9.17, 15) is 9.90 Å². The van der Waals surface area contributed by atoms with Crippen LogP contribution < -0.4 is 10.6 Å². The summed E-state index contributed by atoms with van der Waals surface area (Å²) in [5.41, 5.74) is 4.05. The summed E-state index contributed by atoms with van der Waals surface area (Å²) in [7, 11) is 0. The number of aryl methyl sites for hydroxylation is 1. The van der Waals surface area contributed by atoms with Crippen molar-refractivity contribution in [2.24, 2.45) is 0 Å². The van der Waals surface area contributed by atoms with Crippen LogP contribution in [0.25, 0.3) is 0 Å². The summed E-state index contributed by atoms with van der Waals surface area (Å²) < 4.78 is 0. The summed E-state index contributed by atoms with van der Waals surface area (Å²) in [5.74, 6) is -0.165. The van der Waals surface area contributed by atoms with Crippen molar-refractivity contribution >= 4 is 11.6 Å². The summed E-state index contributed by atoms with van der Waals surface area (Å²) >= 11 is 0. The molecule has 0 aromatic heterocycles. The van der Waals surface area contributed by atoms with E-state index in [0.29, 0.717) is 12.1 Å². The molecular formula is C19H24N2O2. The fraction of sp³-hybridized carbons (Fsp3) is 0.316. The quantitative estimate of drug-likeness (QED) is 0.736. The number of aliphatic hydroxyl groups is 1. The van der Waals surface area contributed by atoms with Crippen molar-refractivity contribution in [2.45, 2.75) is 32.9 Å². The van der Waals surface area contributed by atoms with E-state index in [-0.39, 0.29) is 12.5 Å². The van der Waals surface area contributed by atoms with Gasteiger partial charge in [0.15, 0.2) is 0 Å². The summed E-state index contributed by atoms with van der Waals surface area (Å²) in [6.07, 6.45) is 0.430. The Bertz CT molecular complexity index is 653. The minimum atomic E-state index is -0.547. The molecule has 0 radical (unpaired) electrons. The van der Waals surface area contributed by atoms with Crippen LogP contribution in [0.15, 0.2) is 48.5 Å². The molecule has 2 aromatic rings. The number of rotatable bonds is 7. The molecule has 1 unspecified atom stereocenters. The van der Waals surface area contributed by atoms with Gasteiger partial charge < -0.3 is 15.7 Å². The van der Waals surface area contributed by atoms with Gasteiger partial charge in [-0.1, -0.05) is 37.3 Å². The number of amides is 1. The second kappa shape index (κ2) is 8.34. The summed E-state index contributed by atoms with van der Waals surface area (Å²) in [4.78, 5) is 12.0. The van der Waals surface area contributed by atoms with Gasteiger partial charge in [0.05, 0.1) is 6.10 Å². The number of nitrogens with one attached hydrogen (secondary N) is 2. The molecule has 0 aliphatic rings. The maximum absolute atomic E-state index is 12.0. The van der Waals surface area contributed by atoms with Crippen molar-refractivity contribution in [3.8, 4) is 0 Å². The zero-order chi connectivity index (χ0) is 16.7. The largest absolute Gasteiger partial charge is 0.392 e. The third-order valence-electron chi connectivity index (χ3n) is 3.63. The zero-order valence-corrected chi connectivity index (χ0v) is 13.7. The van der Waals surface area contributed by atoms with Crippen LogP contribution in [0.2, 0.25) is 0 Å². The Morgan fingerprint density at radius 2 is 1.96 bits per heavy atom. The van der Waals surface area contributed by atoms with Gasteiger partial charge in [0.2, 0.25) is 0 Å². The van der Waals surface area contributed by atoms with Crippen LogP contribution in [0.1, 0.15) is 35.3 Å². The van der Waals surface area contributed by atoms with Crippen molar-refractivity contribution in [2.75, 3.05) is 11.9 Å². The van der Waals surface area contributed by atoms with Crippen LogP contribution in [0.4, 0.5) is 5.69 Å². The van der Waals surface area contributed by atoms with Gasteiger partial charge in [-0.3, -0.25) is 4.79 Å².